The second-order valence-electron chi connectivity index (χ2n) is 6.96. The van der Waals surface area contributed by atoms with E-state index in [1.54, 1.807) is 6.20 Å². The van der Waals surface area contributed by atoms with E-state index in [1.807, 2.05) is 12.1 Å². The molecule has 0 bridgehead atoms. The fourth-order valence-corrected chi connectivity index (χ4v) is 3.58. The van der Waals surface area contributed by atoms with Crippen LogP contribution in [0.5, 0.6) is 5.75 Å². The second-order valence-corrected chi connectivity index (χ2v) is 6.96. The van der Waals surface area contributed by atoms with E-state index in [2.05, 4.69) is 27.1 Å². The van der Waals surface area contributed by atoms with Crippen molar-refractivity contribution >= 4 is 11.7 Å². The second kappa shape index (κ2) is 7.52. The maximum atomic E-state index is 13.8. The molecule has 2 aromatic rings. The molecule has 1 saturated heterocycles. The van der Waals surface area contributed by atoms with Gasteiger partial charge in [-0.15, -0.1) is 0 Å². The zero-order valence-electron chi connectivity index (χ0n) is 15.4. The van der Waals surface area contributed by atoms with Crippen LogP contribution in [0.3, 0.4) is 0 Å². The highest BCUT2D eigenvalue weighted by molar-refractivity contribution is 5.97. The van der Waals surface area contributed by atoms with Gasteiger partial charge in [-0.1, -0.05) is 6.07 Å². The van der Waals surface area contributed by atoms with Crippen LogP contribution in [0.4, 0.5) is 10.2 Å². The van der Waals surface area contributed by atoms with E-state index in [4.69, 9.17) is 4.74 Å². The maximum Gasteiger partial charge on any atom is 0.255 e. The van der Waals surface area contributed by atoms with Crippen molar-refractivity contribution in [2.75, 3.05) is 44.7 Å². The highest BCUT2D eigenvalue weighted by atomic mass is 19.1. The molecule has 7 heteroatoms. The summed E-state index contributed by atoms with van der Waals surface area (Å²) < 4.78 is 19.3. The first kappa shape index (κ1) is 17.7. The molecule has 1 amide bonds. The fraction of sp³-hybridized carbons (Fsp3) is 0.400. The molecule has 142 valence electrons. The lowest BCUT2D eigenvalue weighted by atomic mass is 10.1. The monoisotopic (exact) mass is 370 g/mol. The van der Waals surface area contributed by atoms with Crippen LogP contribution in [-0.4, -0.2) is 55.6 Å². The number of fused-ring (bicyclic) bond motifs is 1. The number of anilines is 1. The number of piperazine rings is 1. The van der Waals surface area contributed by atoms with Gasteiger partial charge < -0.3 is 19.9 Å². The Labute approximate surface area is 157 Å². The standard InChI is InChI=1S/C20H23FN4O2/c1-24-8-10-25(11-9-24)19-14(3-2-7-22-19)13-23-20(26)16-4-5-17(21)15-6-12-27-18(15)16/h2-5,7H,6,8-13H2,1H3,(H,23,26). The number of nitrogens with zero attached hydrogens (tertiary/aromatic N) is 3. The van der Waals surface area contributed by atoms with Crippen LogP contribution in [0.25, 0.3) is 0 Å². The van der Waals surface area contributed by atoms with Crippen molar-refractivity contribution in [3.63, 3.8) is 0 Å². The number of halogens is 1. The molecular formula is C20H23FN4O2. The number of likely N-dealkylation sites (N-methyl/N-ethyl adjacent to an activating group) is 1. The fourth-order valence-electron chi connectivity index (χ4n) is 3.58. The predicted molar refractivity (Wildman–Crippen MR) is 101 cm³/mol. The lowest BCUT2D eigenvalue weighted by molar-refractivity contribution is 0.0947. The molecule has 1 N–H and O–H groups in total. The Kier molecular flexibility index (Phi) is 4.94. The molecule has 0 radical (unpaired) electrons. The number of nitrogens with one attached hydrogen (secondary N) is 1. The van der Waals surface area contributed by atoms with Gasteiger partial charge in [0.05, 0.1) is 12.2 Å². The van der Waals surface area contributed by atoms with Gasteiger partial charge in [0, 0.05) is 56.5 Å². The van der Waals surface area contributed by atoms with Crippen LogP contribution < -0.4 is 15.0 Å². The number of ether oxygens (including phenoxy) is 1. The summed E-state index contributed by atoms with van der Waals surface area (Å²) in [6.45, 7) is 4.57. The van der Waals surface area contributed by atoms with Crippen molar-refractivity contribution < 1.29 is 13.9 Å². The molecular weight excluding hydrogens is 347 g/mol. The van der Waals surface area contributed by atoms with Gasteiger partial charge in [0.2, 0.25) is 0 Å². The largest absolute Gasteiger partial charge is 0.492 e. The SMILES string of the molecule is CN1CCN(c2ncccc2CNC(=O)c2ccc(F)c3c2OCC3)CC1. The molecule has 27 heavy (non-hydrogen) atoms. The van der Waals surface area contributed by atoms with E-state index in [-0.39, 0.29) is 11.7 Å². The number of rotatable bonds is 4. The third kappa shape index (κ3) is 3.60. The number of aromatic nitrogens is 1. The number of amides is 1. The summed E-state index contributed by atoms with van der Waals surface area (Å²) in [6.07, 6.45) is 2.28. The predicted octanol–water partition coefficient (Wildman–Crippen LogP) is 1.84. The number of pyridine rings is 1. The Hall–Kier alpha value is -2.67. The van der Waals surface area contributed by atoms with Crippen molar-refractivity contribution in [3.8, 4) is 5.75 Å². The van der Waals surface area contributed by atoms with Crippen LogP contribution in [0.2, 0.25) is 0 Å². The molecule has 0 unspecified atom stereocenters. The van der Waals surface area contributed by atoms with Gasteiger partial charge in [0.25, 0.3) is 5.91 Å². The average Bonchev–Trinajstić information content (AvgIpc) is 3.18. The molecule has 1 fully saturated rings. The highest BCUT2D eigenvalue weighted by Crippen LogP contribution is 2.31. The minimum absolute atomic E-state index is 0.263. The van der Waals surface area contributed by atoms with Gasteiger partial charge in [-0.3, -0.25) is 4.79 Å². The Balaban J connectivity index is 1.48. The van der Waals surface area contributed by atoms with E-state index in [9.17, 15) is 9.18 Å². The van der Waals surface area contributed by atoms with E-state index in [0.29, 0.717) is 36.4 Å². The Morgan fingerprint density at radius 3 is 2.89 bits per heavy atom. The third-order valence-electron chi connectivity index (χ3n) is 5.16. The van der Waals surface area contributed by atoms with Crippen LogP contribution in [-0.2, 0) is 13.0 Å². The van der Waals surface area contributed by atoms with Crippen LogP contribution >= 0.6 is 0 Å². The van der Waals surface area contributed by atoms with Crippen molar-refractivity contribution in [2.45, 2.75) is 13.0 Å². The highest BCUT2D eigenvalue weighted by Gasteiger charge is 2.24. The first-order valence-corrected chi connectivity index (χ1v) is 9.23. The molecule has 2 aliphatic rings. The van der Waals surface area contributed by atoms with Gasteiger partial charge in [-0.05, 0) is 25.2 Å². The summed E-state index contributed by atoms with van der Waals surface area (Å²) in [4.78, 5) is 21.7. The van der Waals surface area contributed by atoms with E-state index < -0.39 is 0 Å². The summed E-state index contributed by atoms with van der Waals surface area (Å²) in [5, 5.41) is 2.93. The number of carbonyl (C=O) groups is 1. The van der Waals surface area contributed by atoms with Crippen molar-refractivity contribution in [1.29, 1.82) is 0 Å². The summed E-state index contributed by atoms with van der Waals surface area (Å²) in [5.74, 6) is 0.703. The number of benzene rings is 1. The smallest absolute Gasteiger partial charge is 0.255 e. The van der Waals surface area contributed by atoms with Gasteiger partial charge >= 0.3 is 0 Å². The van der Waals surface area contributed by atoms with E-state index >= 15 is 0 Å². The number of carbonyl (C=O) groups excluding carboxylic acids is 1. The normalized spacial score (nSPS) is 16.7. The Bertz CT molecular complexity index is 850. The first-order valence-electron chi connectivity index (χ1n) is 9.23. The molecule has 0 aliphatic carbocycles. The quantitative estimate of drug-likeness (QED) is 0.890. The van der Waals surface area contributed by atoms with E-state index in [1.165, 1.54) is 12.1 Å². The molecule has 6 nitrogen and oxygen atoms in total. The Morgan fingerprint density at radius 1 is 1.26 bits per heavy atom. The van der Waals surface area contributed by atoms with Gasteiger partial charge in [-0.2, -0.15) is 0 Å². The van der Waals surface area contributed by atoms with Crippen molar-refractivity contribution in [3.05, 3.63) is 53.0 Å². The molecule has 2 aliphatic heterocycles. The molecule has 3 heterocycles. The van der Waals surface area contributed by atoms with Crippen LogP contribution in [0.15, 0.2) is 30.5 Å². The van der Waals surface area contributed by atoms with Crippen LogP contribution in [0, 0.1) is 5.82 Å². The lowest BCUT2D eigenvalue weighted by Gasteiger charge is -2.34. The molecule has 1 aromatic carbocycles. The van der Waals surface area contributed by atoms with Gasteiger partial charge in [0.15, 0.2) is 0 Å². The topological polar surface area (TPSA) is 57.7 Å². The summed E-state index contributed by atoms with van der Waals surface area (Å²) in [7, 11) is 2.11. The summed E-state index contributed by atoms with van der Waals surface area (Å²) in [5.41, 5.74) is 1.84. The van der Waals surface area contributed by atoms with Gasteiger partial charge in [0.1, 0.15) is 17.4 Å². The molecule has 0 spiro atoms. The lowest BCUT2D eigenvalue weighted by Crippen LogP contribution is -2.45. The molecule has 0 atom stereocenters. The summed E-state index contributed by atoms with van der Waals surface area (Å²) >= 11 is 0. The average molecular weight is 370 g/mol. The van der Waals surface area contributed by atoms with Gasteiger partial charge in [-0.25, -0.2) is 9.37 Å². The molecule has 1 aromatic heterocycles. The molecule has 0 saturated carbocycles. The van der Waals surface area contributed by atoms with Crippen LogP contribution in [0.1, 0.15) is 21.5 Å². The first-order chi connectivity index (χ1) is 13.1. The van der Waals surface area contributed by atoms with Crippen molar-refractivity contribution in [2.24, 2.45) is 0 Å². The minimum atomic E-state index is -0.316. The third-order valence-corrected chi connectivity index (χ3v) is 5.16. The minimum Gasteiger partial charge on any atom is -0.492 e. The maximum absolute atomic E-state index is 13.8. The Morgan fingerprint density at radius 2 is 2.07 bits per heavy atom. The summed E-state index contributed by atoms with van der Waals surface area (Å²) in [6, 6.07) is 6.67. The number of hydrogen-bond donors (Lipinski definition) is 1. The zero-order chi connectivity index (χ0) is 18.8. The number of hydrogen-bond acceptors (Lipinski definition) is 5. The van der Waals surface area contributed by atoms with Crippen molar-refractivity contribution in [1.82, 2.24) is 15.2 Å². The molecule has 4 rings (SSSR count). The van der Waals surface area contributed by atoms with E-state index in [0.717, 1.165) is 37.6 Å². The zero-order valence-corrected chi connectivity index (χ0v) is 15.4.